The van der Waals surface area contributed by atoms with Crippen molar-refractivity contribution in [2.45, 2.75) is 38.7 Å². The van der Waals surface area contributed by atoms with Gasteiger partial charge in [0.2, 0.25) is 0 Å². The molecular formula is C18H22FN3O2. The van der Waals surface area contributed by atoms with Gasteiger partial charge >= 0.3 is 0 Å². The van der Waals surface area contributed by atoms with Crippen LogP contribution >= 0.6 is 0 Å². The van der Waals surface area contributed by atoms with Gasteiger partial charge in [-0.2, -0.15) is 10.1 Å². The van der Waals surface area contributed by atoms with Crippen molar-refractivity contribution in [1.82, 2.24) is 0 Å². The molecule has 0 unspecified atom stereocenters. The van der Waals surface area contributed by atoms with E-state index in [9.17, 15) is 9.18 Å². The van der Waals surface area contributed by atoms with Crippen molar-refractivity contribution in [3.05, 3.63) is 30.1 Å². The van der Waals surface area contributed by atoms with E-state index >= 15 is 0 Å². The highest BCUT2D eigenvalue weighted by Crippen LogP contribution is 2.25. The largest absolute Gasteiger partial charge is 0.376 e. The minimum absolute atomic E-state index is 0.138. The fourth-order valence-electron chi connectivity index (χ4n) is 2.97. The molecule has 1 amide bonds. The van der Waals surface area contributed by atoms with Gasteiger partial charge < -0.3 is 4.74 Å². The lowest BCUT2D eigenvalue weighted by atomic mass is 10.0. The molecule has 1 aromatic rings. The van der Waals surface area contributed by atoms with Crippen molar-refractivity contribution >= 4 is 23.5 Å². The molecule has 6 heteroatoms. The Balaban J connectivity index is 1.73. The molecule has 1 saturated heterocycles. The summed E-state index contributed by atoms with van der Waals surface area (Å²) in [5.41, 5.74) is 1.38. The topological polar surface area (TPSA) is 54.3 Å². The lowest BCUT2D eigenvalue weighted by Crippen LogP contribution is -2.28. The SMILES string of the molecule is CCCC1=NN(c2ccc(F)cc2)C(=O)[C@@H]1C=NC[C@H]1CCCO1. The summed E-state index contributed by atoms with van der Waals surface area (Å²) in [4.78, 5) is 17.1. The van der Waals surface area contributed by atoms with E-state index in [1.54, 1.807) is 18.3 Å². The van der Waals surface area contributed by atoms with Gasteiger partial charge in [0.25, 0.3) is 5.91 Å². The Hall–Kier alpha value is -2.08. The van der Waals surface area contributed by atoms with E-state index in [0.29, 0.717) is 12.2 Å². The third kappa shape index (κ3) is 3.70. The summed E-state index contributed by atoms with van der Waals surface area (Å²) >= 11 is 0. The third-order valence-corrected chi connectivity index (χ3v) is 4.23. The molecule has 3 rings (SSSR count). The Morgan fingerprint density at radius 1 is 1.42 bits per heavy atom. The molecule has 0 saturated carbocycles. The maximum absolute atomic E-state index is 13.1. The van der Waals surface area contributed by atoms with Crippen LogP contribution in [0.25, 0.3) is 0 Å². The molecule has 5 nitrogen and oxygen atoms in total. The second kappa shape index (κ2) is 7.66. The van der Waals surface area contributed by atoms with E-state index < -0.39 is 5.92 Å². The highest BCUT2D eigenvalue weighted by molar-refractivity contribution is 6.24. The van der Waals surface area contributed by atoms with Gasteiger partial charge in [-0.15, -0.1) is 0 Å². The average molecular weight is 331 g/mol. The number of halogens is 1. The first kappa shape index (κ1) is 16.8. The van der Waals surface area contributed by atoms with Crippen LogP contribution in [0.2, 0.25) is 0 Å². The standard InChI is InChI=1S/C18H22FN3O2/c1-2-4-17-16(12-20-11-15-5-3-10-24-15)18(23)22(21-17)14-8-6-13(19)7-9-14/h6-9,12,15-16H,2-5,10-11H2,1H3/t15-,16-/m1/s1. The number of carbonyl (C=O) groups is 1. The van der Waals surface area contributed by atoms with E-state index in [4.69, 9.17) is 4.74 Å². The number of carbonyl (C=O) groups excluding carboxylic acids is 1. The van der Waals surface area contributed by atoms with E-state index in [1.807, 2.05) is 6.92 Å². The molecule has 24 heavy (non-hydrogen) atoms. The van der Waals surface area contributed by atoms with Crippen LogP contribution in [0.5, 0.6) is 0 Å². The van der Waals surface area contributed by atoms with E-state index in [0.717, 1.165) is 38.0 Å². The Labute approximate surface area is 141 Å². The van der Waals surface area contributed by atoms with Crippen LogP contribution in [-0.2, 0) is 9.53 Å². The van der Waals surface area contributed by atoms with Gasteiger partial charge in [0.15, 0.2) is 0 Å². The minimum atomic E-state index is -0.434. The maximum atomic E-state index is 13.1. The summed E-state index contributed by atoms with van der Waals surface area (Å²) in [6.07, 6.45) is 5.59. The monoisotopic (exact) mass is 331 g/mol. The summed E-state index contributed by atoms with van der Waals surface area (Å²) < 4.78 is 18.6. The number of benzene rings is 1. The maximum Gasteiger partial charge on any atom is 0.261 e. The van der Waals surface area contributed by atoms with Gasteiger partial charge in [0.05, 0.1) is 24.0 Å². The number of hydrogen-bond acceptors (Lipinski definition) is 4. The first-order chi connectivity index (χ1) is 11.7. The van der Waals surface area contributed by atoms with Crippen molar-refractivity contribution in [1.29, 1.82) is 0 Å². The zero-order valence-electron chi connectivity index (χ0n) is 13.8. The van der Waals surface area contributed by atoms with E-state index in [1.165, 1.54) is 17.1 Å². The smallest absolute Gasteiger partial charge is 0.261 e. The molecule has 2 aliphatic rings. The third-order valence-electron chi connectivity index (χ3n) is 4.23. The minimum Gasteiger partial charge on any atom is -0.376 e. The van der Waals surface area contributed by atoms with Crippen molar-refractivity contribution in [3.63, 3.8) is 0 Å². The number of aliphatic imine (C=N–C) groups is 1. The molecule has 0 spiro atoms. The predicted octanol–water partition coefficient (Wildman–Crippen LogP) is 3.19. The molecule has 0 aliphatic carbocycles. The lowest BCUT2D eigenvalue weighted by molar-refractivity contribution is -0.118. The number of hydrogen-bond donors (Lipinski definition) is 0. The predicted molar refractivity (Wildman–Crippen MR) is 92.1 cm³/mol. The number of amides is 1. The van der Waals surface area contributed by atoms with Crippen LogP contribution in [-0.4, -0.2) is 37.1 Å². The summed E-state index contributed by atoms with van der Waals surface area (Å²) in [6.45, 7) is 3.43. The molecule has 1 aromatic carbocycles. The molecule has 0 bridgehead atoms. The highest BCUT2D eigenvalue weighted by Gasteiger charge is 2.35. The molecule has 0 aromatic heterocycles. The van der Waals surface area contributed by atoms with Gasteiger partial charge in [-0.05, 0) is 43.5 Å². The van der Waals surface area contributed by atoms with Crippen LogP contribution in [0, 0.1) is 11.7 Å². The fourth-order valence-corrected chi connectivity index (χ4v) is 2.97. The Kier molecular flexibility index (Phi) is 5.35. The number of nitrogens with zero attached hydrogens (tertiary/aromatic N) is 3. The molecular weight excluding hydrogens is 309 g/mol. The number of hydrazone groups is 1. The second-order valence-electron chi connectivity index (χ2n) is 6.09. The van der Waals surface area contributed by atoms with Gasteiger partial charge in [-0.3, -0.25) is 9.79 Å². The Bertz CT molecular complexity index is 636. The molecule has 0 N–H and O–H groups in total. The van der Waals surface area contributed by atoms with Crippen LogP contribution in [0.15, 0.2) is 34.4 Å². The molecule has 128 valence electrons. The summed E-state index contributed by atoms with van der Waals surface area (Å²) in [7, 11) is 0. The Morgan fingerprint density at radius 3 is 2.88 bits per heavy atom. The molecule has 2 heterocycles. The van der Waals surface area contributed by atoms with Crippen LogP contribution < -0.4 is 5.01 Å². The number of ether oxygens (including phenoxy) is 1. The van der Waals surface area contributed by atoms with Crippen LogP contribution in [0.3, 0.4) is 0 Å². The van der Waals surface area contributed by atoms with E-state index in [2.05, 4.69) is 10.1 Å². The zero-order chi connectivity index (χ0) is 16.9. The van der Waals surface area contributed by atoms with Crippen LogP contribution in [0.4, 0.5) is 10.1 Å². The summed E-state index contributed by atoms with van der Waals surface area (Å²) in [6, 6.07) is 5.78. The first-order valence-electron chi connectivity index (χ1n) is 8.47. The normalized spacial score (nSPS) is 24.2. The fraction of sp³-hybridized carbons (Fsp3) is 0.500. The van der Waals surface area contributed by atoms with Crippen molar-refractivity contribution < 1.29 is 13.9 Å². The van der Waals surface area contributed by atoms with Gasteiger partial charge in [-0.25, -0.2) is 4.39 Å². The summed E-state index contributed by atoms with van der Waals surface area (Å²) in [5, 5.41) is 5.80. The van der Waals surface area contributed by atoms with Gasteiger partial charge in [-0.1, -0.05) is 13.3 Å². The molecule has 2 aliphatic heterocycles. The van der Waals surface area contributed by atoms with Crippen LogP contribution in [0.1, 0.15) is 32.6 Å². The van der Waals surface area contributed by atoms with Crippen molar-refractivity contribution in [3.8, 4) is 0 Å². The zero-order valence-corrected chi connectivity index (χ0v) is 13.8. The van der Waals surface area contributed by atoms with Gasteiger partial charge in [0.1, 0.15) is 11.7 Å². The lowest BCUT2D eigenvalue weighted by Gasteiger charge is -2.12. The number of anilines is 1. The highest BCUT2D eigenvalue weighted by atomic mass is 19.1. The number of rotatable bonds is 6. The average Bonchev–Trinajstić information content (AvgIpc) is 3.19. The second-order valence-corrected chi connectivity index (χ2v) is 6.09. The quantitative estimate of drug-likeness (QED) is 0.752. The van der Waals surface area contributed by atoms with Gasteiger partial charge in [0, 0.05) is 12.8 Å². The molecule has 2 atom stereocenters. The van der Waals surface area contributed by atoms with E-state index in [-0.39, 0.29) is 17.8 Å². The van der Waals surface area contributed by atoms with Crippen molar-refractivity contribution in [2.24, 2.45) is 16.0 Å². The summed E-state index contributed by atoms with van der Waals surface area (Å²) in [5.74, 6) is -0.907. The molecule has 0 radical (unpaired) electrons. The van der Waals surface area contributed by atoms with Crippen molar-refractivity contribution in [2.75, 3.05) is 18.2 Å². The Morgan fingerprint density at radius 2 is 2.21 bits per heavy atom. The molecule has 1 fully saturated rings. The first-order valence-corrected chi connectivity index (χ1v) is 8.47.